The molecule has 0 aromatic heterocycles. The van der Waals surface area contributed by atoms with Crippen molar-refractivity contribution in [1.82, 2.24) is 0 Å². The Morgan fingerprint density at radius 1 is 1.19 bits per heavy atom. The molecule has 4 nitrogen and oxygen atoms in total. The summed E-state index contributed by atoms with van der Waals surface area (Å²) in [5, 5.41) is 8.64. The molecule has 0 atom stereocenters. The van der Waals surface area contributed by atoms with E-state index in [1.165, 1.54) is 0 Å². The minimum Gasteiger partial charge on any atom is -0.493 e. The molecule has 0 heterocycles. The van der Waals surface area contributed by atoms with E-state index < -0.39 is 14.6 Å². The van der Waals surface area contributed by atoms with Crippen LogP contribution >= 0.6 is 0 Å². The molecule has 0 saturated heterocycles. The molecule has 1 aromatic rings. The van der Waals surface area contributed by atoms with E-state index in [2.05, 4.69) is 11.8 Å². The molecule has 0 unspecified atom stereocenters. The molecule has 0 bridgehead atoms. The van der Waals surface area contributed by atoms with Crippen molar-refractivity contribution < 1.29 is 18.3 Å². The molecule has 5 heteroatoms. The molecule has 0 radical (unpaired) electrons. The van der Waals surface area contributed by atoms with E-state index in [1.807, 2.05) is 0 Å². The lowest BCUT2D eigenvalue weighted by atomic mass is 10.2. The van der Waals surface area contributed by atoms with Gasteiger partial charge in [-0.05, 0) is 45.0 Å². The van der Waals surface area contributed by atoms with E-state index >= 15 is 0 Å². The number of benzene rings is 1. The monoisotopic (exact) mass is 310 g/mol. The molecule has 1 aromatic carbocycles. The van der Waals surface area contributed by atoms with Gasteiger partial charge in [-0.1, -0.05) is 11.8 Å². The minimum absolute atomic E-state index is 0.00540. The van der Waals surface area contributed by atoms with Crippen LogP contribution in [0.1, 0.15) is 32.8 Å². The van der Waals surface area contributed by atoms with Crippen LogP contribution < -0.4 is 4.74 Å². The van der Waals surface area contributed by atoms with E-state index in [1.54, 1.807) is 45.0 Å². The predicted octanol–water partition coefficient (Wildman–Crippen LogP) is 2.01. The third-order valence-corrected chi connectivity index (χ3v) is 5.45. The van der Waals surface area contributed by atoms with Gasteiger partial charge in [-0.25, -0.2) is 8.42 Å². The van der Waals surface area contributed by atoms with Crippen molar-refractivity contribution in [2.24, 2.45) is 0 Å². The third-order valence-electron chi connectivity index (χ3n) is 2.88. The van der Waals surface area contributed by atoms with Gasteiger partial charge in [-0.2, -0.15) is 0 Å². The number of aliphatic hydroxyl groups excluding tert-OH is 1. The number of rotatable bonds is 5. The molecule has 0 fully saturated rings. The Balaban J connectivity index is 2.53. The number of ether oxygens (including phenoxy) is 1. The van der Waals surface area contributed by atoms with Crippen molar-refractivity contribution in [1.29, 1.82) is 0 Å². The first kappa shape index (κ1) is 17.5. The van der Waals surface area contributed by atoms with Crippen LogP contribution in [0.4, 0.5) is 0 Å². The molecular weight excluding hydrogens is 288 g/mol. The minimum atomic E-state index is -3.16. The predicted molar refractivity (Wildman–Crippen MR) is 84.1 cm³/mol. The highest BCUT2D eigenvalue weighted by Crippen LogP contribution is 2.17. The second-order valence-corrected chi connectivity index (χ2v) is 8.44. The maximum atomic E-state index is 11.9. The summed E-state index contributed by atoms with van der Waals surface area (Å²) in [5.74, 6) is 6.35. The van der Waals surface area contributed by atoms with Crippen LogP contribution in [0.3, 0.4) is 0 Å². The Labute approximate surface area is 127 Å². The lowest BCUT2D eigenvalue weighted by Gasteiger charge is -2.19. The summed E-state index contributed by atoms with van der Waals surface area (Å²) >= 11 is 0. The van der Waals surface area contributed by atoms with Gasteiger partial charge in [-0.3, -0.25) is 0 Å². The molecule has 1 N–H and O–H groups in total. The average molecular weight is 310 g/mol. The SMILES string of the molecule is CC(C)(C)S(=O)(=O)CCOc1ccc(C#CCCO)cc1. The van der Waals surface area contributed by atoms with Crippen molar-refractivity contribution in [3.63, 3.8) is 0 Å². The summed E-state index contributed by atoms with van der Waals surface area (Å²) in [6.07, 6.45) is 0.447. The first-order chi connectivity index (χ1) is 9.76. The van der Waals surface area contributed by atoms with Gasteiger partial charge in [0.25, 0.3) is 0 Å². The van der Waals surface area contributed by atoms with Crippen molar-refractivity contribution in [2.75, 3.05) is 19.0 Å². The molecule has 0 aliphatic rings. The van der Waals surface area contributed by atoms with Crippen LogP contribution in [-0.4, -0.2) is 37.2 Å². The highest BCUT2D eigenvalue weighted by Gasteiger charge is 2.28. The molecule has 0 spiro atoms. The second-order valence-electron chi connectivity index (χ2n) is 5.58. The van der Waals surface area contributed by atoms with Gasteiger partial charge >= 0.3 is 0 Å². The fourth-order valence-electron chi connectivity index (χ4n) is 1.43. The van der Waals surface area contributed by atoms with Crippen molar-refractivity contribution in [2.45, 2.75) is 31.9 Å². The van der Waals surface area contributed by atoms with E-state index in [0.717, 1.165) is 5.56 Å². The number of hydrogen-bond donors (Lipinski definition) is 1. The van der Waals surface area contributed by atoms with Crippen molar-refractivity contribution >= 4 is 9.84 Å². The van der Waals surface area contributed by atoms with Gasteiger partial charge in [0.1, 0.15) is 12.4 Å². The highest BCUT2D eigenvalue weighted by atomic mass is 32.2. The fourth-order valence-corrected chi connectivity index (χ4v) is 2.35. The highest BCUT2D eigenvalue weighted by molar-refractivity contribution is 7.92. The number of hydrogen-bond acceptors (Lipinski definition) is 4. The molecular formula is C16H22O4S. The lowest BCUT2D eigenvalue weighted by molar-refractivity contribution is 0.305. The molecule has 0 aliphatic carbocycles. The first-order valence-electron chi connectivity index (χ1n) is 6.81. The first-order valence-corrected chi connectivity index (χ1v) is 8.46. The maximum Gasteiger partial charge on any atom is 0.158 e. The Bertz CT molecular complexity index is 598. The van der Waals surface area contributed by atoms with E-state index in [-0.39, 0.29) is 19.0 Å². The van der Waals surface area contributed by atoms with E-state index in [4.69, 9.17) is 9.84 Å². The normalized spacial score (nSPS) is 11.6. The van der Waals surface area contributed by atoms with Crippen molar-refractivity contribution in [3.8, 4) is 17.6 Å². The Morgan fingerprint density at radius 3 is 2.33 bits per heavy atom. The van der Waals surface area contributed by atoms with E-state index in [0.29, 0.717) is 12.2 Å². The number of aliphatic hydroxyl groups is 1. The Morgan fingerprint density at radius 2 is 1.81 bits per heavy atom. The Hall–Kier alpha value is -1.51. The maximum absolute atomic E-state index is 11.9. The van der Waals surface area contributed by atoms with Gasteiger partial charge in [0.05, 0.1) is 17.1 Å². The molecule has 21 heavy (non-hydrogen) atoms. The summed E-state index contributed by atoms with van der Waals surface area (Å²) in [6, 6.07) is 7.12. The van der Waals surface area contributed by atoms with E-state index in [9.17, 15) is 8.42 Å². The van der Waals surface area contributed by atoms with Gasteiger partial charge < -0.3 is 9.84 Å². The zero-order chi connectivity index (χ0) is 15.9. The fraction of sp³-hybridized carbons (Fsp3) is 0.500. The van der Waals surface area contributed by atoms with Crippen LogP contribution in [-0.2, 0) is 9.84 Å². The number of sulfone groups is 1. The smallest absolute Gasteiger partial charge is 0.158 e. The summed E-state index contributed by atoms with van der Waals surface area (Å²) < 4.78 is 28.5. The summed E-state index contributed by atoms with van der Waals surface area (Å²) in [5.41, 5.74) is 0.832. The zero-order valence-electron chi connectivity index (χ0n) is 12.7. The van der Waals surface area contributed by atoms with Crippen molar-refractivity contribution in [3.05, 3.63) is 29.8 Å². The van der Waals surface area contributed by atoms with Gasteiger partial charge in [-0.15, -0.1) is 0 Å². The van der Waals surface area contributed by atoms with Gasteiger partial charge in [0, 0.05) is 12.0 Å². The molecule has 116 valence electrons. The largest absolute Gasteiger partial charge is 0.493 e. The van der Waals surface area contributed by atoms with Crippen LogP contribution in [0.15, 0.2) is 24.3 Å². The average Bonchev–Trinajstić information content (AvgIpc) is 2.39. The van der Waals surface area contributed by atoms with Crippen LogP contribution in [0, 0.1) is 11.8 Å². The quantitative estimate of drug-likeness (QED) is 0.845. The summed E-state index contributed by atoms with van der Waals surface area (Å²) in [7, 11) is -3.16. The molecule has 1 rings (SSSR count). The van der Waals surface area contributed by atoms with Gasteiger partial charge in [0.15, 0.2) is 9.84 Å². The van der Waals surface area contributed by atoms with Crippen LogP contribution in [0.2, 0.25) is 0 Å². The lowest BCUT2D eigenvalue weighted by Crippen LogP contribution is -2.32. The second kappa shape index (κ2) is 7.48. The standard InChI is InChI=1S/C16H22O4S/c1-16(2,3)21(18,19)13-12-20-15-9-7-14(8-10-15)6-4-5-11-17/h7-10,17H,5,11-13H2,1-3H3. The molecule has 0 amide bonds. The summed E-state index contributed by atoms with van der Waals surface area (Å²) in [6.45, 7) is 5.23. The van der Waals surface area contributed by atoms with Crippen LogP contribution in [0.25, 0.3) is 0 Å². The zero-order valence-corrected chi connectivity index (χ0v) is 13.5. The molecule has 0 saturated carbocycles. The molecule has 0 aliphatic heterocycles. The third kappa shape index (κ3) is 5.78. The van der Waals surface area contributed by atoms with Gasteiger partial charge in [0.2, 0.25) is 0 Å². The topological polar surface area (TPSA) is 63.6 Å². The van der Waals surface area contributed by atoms with Crippen LogP contribution in [0.5, 0.6) is 5.75 Å². The Kier molecular flexibility index (Phi) is 6.25. The summed E-state index contributed by atoms with van der Waals surface area (Å²) in [4.78, 5) is 0.